The highest BCUT2D eigenvalue weighted by molar-refractivity contribution is 7.99. The van der Waals surface area contributed by atoms with Gasteiger partial charge in [-0.15, -0.1) is 0 Å². The Morgan fingerprint density at radius 1 is 1.08 bits per heavy atom. The maximum absolute atomic E-state index is 13.3. The number of hydrogen-bond donors (Lipinski definition) is 1. The summed E-state index contributed by atoms with van der Waals surface area (Å²) in [5.74, 6) is -1.33. The van der Waals surface area contributed by atoms with Gasteiger partial charge in [0.25, 0.3) is 5.69 Å². The van der Waals surface area contributed by atoms with Crippen LogP contribution in [0.3, 0.4) is 0 Å². The van der Waals surface area contributed by atoms with Crippen molar-refractivity contribution in [1.82, 2.24) is 9.97 Å². The quantitative estimate of drug-likeness (QED) is 0.0916. The molecular weight excluding hydrogens is 520 g/mol. The minimum Gasteiger partial charge on any atom is -0.463 e. The van der Waals surface area contributed by atoms with Gasteiger partial charge in [0.2, 0.25) is 5.91 Å². The van der Waals surface area contributed by atoms with Crippen molar-refractivity contribution in [2.45, 2.75) is 11.3 Å². The first-order valence-corrected chi connectivity index (χ1v) is 11.2. The zero-order valence-electron chi connectivity index (χ0n) is 18.4. The van der Waals surface area contributed by atoms with Crippen molar-refractivity contribution in [2.75, 3.05) is 11.1 Å². The number of alkyl halides is 3. The molecule has 0 fully saturated rings. The Morgan fingerprint density at radius 2 is 1.84 bits per heavy atom. The lowest BCUT2D eigenvalue weighted by Gasteiger charge is -2.10. The third-order valence-corrected chi connectivity index (χ3v) is 5.38. The predicted octanol–water partition coefficient (Wildman–Crippen LogP) is 6.33. The van der Waals surface area contributed by atoms with Crippen LogP contribution in [0, 0.1) is 15.9 Å². The van der Waals surface area contributed by atoms with Gasteiger partial charge >= 0.3 is 6.18 Å². The van der Waals surface area contributed by atoms with Gasteiger partial charge in [-0.3, -0.25) is 14.9 Å². The SMILES string of the molecule is O=C(CSc1nc(-c2ccco2)cc(C(F)(F)F)n1)Nc1cc(Oc2ccc(F)cc2)cc([N+](=O)[O-])c1. The molecule has 1 amide bonds. The fourth-order valence-electron chi connectivity index (χ4n) is 2.97. The molecule has 0 unspecified atom stereocenters. The Kier molecular flexibility index (Phi) is 7.38. The van der Waals surface area contributed by atoms with Crippen LogP contribution in [-0.4, -0.2) is 26.6 Å². The van der Waals surface area contributed by atoms with Gasteiger partial charge in [0, 0.05) is 12.1 Å². The highest BCUT2D eigenvalue weighted by Crippen LogP contribution is 2.33. The number of ether oxygens (including phenoxy) is 1. The van der Waals surface area contributed by atoms with Crippen molar-refractivity contribution in [2.24, 2.45) is 0 Å². The normalized spacial score (nSPS) is 11.2. The zero-order valence-corrected chi connectivity index (χ0v) is 19.2. The van der Waals surface area contributed by atoms with Gasteiger partial charge in [-0.1, -0.05) is 11.8 Å². The van der Waals surface area contributed by atoms with Gasteiger partial charge < -0.3 is 14.5 Å². The maximum Gasteiger partial charge on any atom is 0.433 e. The summed E-state index contributed by atoms with van der Waals surface area (Å²) in [6.45, 7) is 0. The molecule has 0 saturated carbocycles. The third-order valence-electron chi connectivity index (χ3n) is 4.54. The number of nitro benzene ring substituents is 1. The van der Waals surface area contributed by atoms with Crippen LogP contribution in [0.15, 0.2) is 76.5 Å². The molecule has 1 N–H and O–H groups in total. The smallest absolute Gasteiger partial charge is 0.433 e. The Hall–Kier alpha value is -4.46. The average molecular weight is 534 g/mol. The fraction of sp³-hybridized carbons (Fsp3) is 0.0870. The Bertz CT molecular complexity index is 1430. The van der Waals surface area contributed by atoms with Crippen LogP contribution in [-0.2, 0) is 11.0 Å². The molecule has 2 aromatic heterocycles. The first-order valence-electron chi connectivity index (χ1n) is 10.2. The van der Waals surface area contributed by atoms with Crippen LogP contribution in [0.4, 0.5) is 28.9 Å². The number of benzene rings is 2. The number of carbonyl (C=O) groups excluding carboxylic acids is 1. The van der Waals surface area contributed by atoms with E-state index in [-0.39, 0.29) is 33.8 Å². The Labute approximate surface area is 209 Å². The number of nitrogens with zero attached hydrogens (tertiary/aromatic N) is 3. The maximum atomic E-state index is 13.3. The van der Waals surface area contributed by atoms with Crippen molar-refractivity contribution in [3.63, 3.8) is 0 Å². The number of nitro groups is 1. The highest BCUT2D eigenvalue weighted by atomic mass is 32.2. The lowest BCUT2D eigenvalue weighted by Crippen LogP contribution is -2.15. The van der Waals surface area contributed by atoms with E-state index in [9.17, 15) is 32.5 Å². The number of amides is 1. The highest BCUT2D eigenvalue weighted by Gasteiger charge is 2.34. The molecule has 0 atom stereocenters. The van der Waals surface area contributed by atoms with Crippen molar-refractivity contribution in [3.05, 3.63) is 88.6 Å². The number of rotatable bonds is 8. The molecule has 9 nitrogen and oxygen atoms in total. The summed E-state index contributed by atoms with van der Waals surface area (Å²) in [7, 11) is 0. The van der Waals surface area contributed by atoms with Crippen molar-refractivity contribution >= 4 is 29.0 Å². The summed E-state index contributed by atoms with van der Waals surface area (Å²) in [6, 6.07) is 12.0. The topological polar surface area (TPSA) is 120 Å². The van der Waals surface area contributed by atoms with Gasteiger partial charge in [-0.05, 0) is 42.5 Å². The summed E-state index contributed by atoms with van der Waals surface area (Å²) in [4.78, 5) is 30.6. The second-order valence-corrected chi connectivity index (χ2v) is 8.20. The van der Waals surface area contributed by atoms with E-state index >= 15 is 0 Å². The standard InChI is InChI=1S/C23H14F4N4O5S/c24-13-3-5-16(6-4-13)36-17-9-14(8-15(10-17)31(33)34)28-21(32)12-37-22-29-18(19-2-1-7-35-19)11-20(30-22)23(25,26)27/h1-11H,12H2,(H,28,32). The molecule has 0 aliphatic rings. The average Bonchev–Trinajstić information content (AvgIpc) is 3.38. The van der Waals surface area contributed by atoms with E-state index in [2.05, 4.69) is 15.3 Å². The van der Waals surface area contributed by atoms with E-state index < -0.39 is 40.0 Å². The number of hydrogen-bond acceptors (Lipinski definition) is 8. The molecule has 14 heteroatoms. The van der Waals surface area contributed by atoms with Crippen molar-refractivity contribution in [1.29, 1.82) is 0 Å². The summed E-state index contributed by atoms with van der Waals surface area (Å²) < 4.78 is 63.6. The van der Waals surface area contributed by atoms with E-state index in [1.807, 2.05) is 0 Å². The van der Waals surface area contributed by atoms with E-state index in [4.69, 9.17) is 9.15 Å². The second kappa shape index (κ2) is 10.7. The molecule has 4 aromatic rings. The van der Waals surface area contributed by atoms with Crippen molar-refractivity contribution < 1.29 is 36.4 Å². The summed E-state index contributed by atoms with van der Waals surface area (Å²) in [5, 5.41) is 13.4. The van der Waals surface area contributed by atoms with Gasteiger partial charge in [0.05, 0.1) is 28.7 Å². The molecule has 0 saturated heterocycles. The molecule has 0 aliphatic carbocycles. The number of thioether (sulfide) groups is 1. The summed E-state index contributed by atoms with van der Waals surface area (Å²) in [5.41, 5.74) is -1.72. The monoisotopic (exact) mass is 534 g/mol. The minimum absolute atomic E-state index is 0.00172. The second-order valence-electron chi connectivity index (χ2n) is 7.26. The van der Waals surface area contributed by atoms with Crippen LogP contribution in [0.1, 0.15) is 5.69 Å². The molecule has 0 radical (unpaired) electrons. The number of halogens is 4. The van der Waals surface area contributed by atoms with Crippen LogP contribution in [0.5, 0.6) is 11.5 Å². The molecule has 190 valence electrons. The van der Waals surface area contributed by atoms with Crippen molar-refractivity contribution in [3.8, 4) is 23.0 Å². The van der Waals surface area contributed by atoms with Gasteiger partial charge in [-0.25, -0.2) is 14.4 Å². The fourth-order valence-corrected chi connectivity index (χ4v) is 3.63. The lowest BCUT2D eigenvalue weighted by molar-refractivity contribution is -0.384. The van der Waals surface area contributed by atoms with E-state index in [0.717, 1.165) is 30.3 Å². The van der Waals surface area contributed by atoms with E-state index in [1.54, 1.807) is 0 Å². The number of carbonyl (C=O) groups is 1. The minimum atomic E-state index is -4.76. The third kappa shape index (κ3) is 6.82. The molecule has 4 rings (SSSR count). The Balaban J connectivity index is 1.50. The molecule has 2 aromatic carbocycles. The zero-order chi connectivity index (χ0) is 26.6. The number of furan rings is 1. The number of non-ortho nitro benzene ring substituents is 1. The molecule has 0 bridgehead atoms. The van der Waals surface area contributed by atoms with E-state index in [1.165, 1.54) is 36.6 Å². The first kappa shape index (κ1) is 25.6. The summed E-state index contributed by atoms with van der Waals surface area (Å²) in [6.07, 6.45) is -3.48. The first-order chi connectivity index (χ1) is 17.6. The molecule has 0 spiro atoms. The molecule has 37 heavy (non-hydrogen) atoms. The molecule has 0 aliphatic heterocycles. The molecular formula is C23H14F4N4O5S. The van der Waals surface area contributed by atoms with Crippen LogP contribution >= 0.6 is 11.8 Å². The van der Waals surface area contributed by atoms with Gasteiger partial charge in [0.15, 0.2) is 10.9 Å². The van der Waals surface area contributed by atoms with Crippen LogP contribution in [0.25, 0.3) is 11.5 Å². The van der Waals surface area contributed by atoms with E-state index in [0.29, 0.717) is 11.8 Å². The summed E-state index contributed by atoms with van der Waals surface area (Å²) >= 11 is 0.632. The number of anilines is 1. The lowest BCUT2D eigenvalue weighted by atomic mass is 10.2. The predicted molar refractivity (Wildman–Crippen MR) is 124 cm³/mol. The van der Waals surface area contributed by atoms with Crippen LogP contribution in [0.2, 0.25) is 0 Å². The van der Waals surface area contributed by atoms with Gasteiger partial charge in [-0.2, -0.15) is 13.2 Å². The number of aromatic nitrogens is 2. The molecule has 2 heterocycles. The van der Waals surface area contributed by atoms with Crippen LogP contribution < -0.4 is 10.1 Å². The number of nitrogens with one attached hydrogen (secondary N) is 1. The largest absolute Gasteiger partial charge is 0.463 e. The Morgan fingerprint density at radius 3 is 2.49 bits per heavy atom. The van der Waals surface area contributed by atoms with Gasteiger partial charge in [0.1, 0.15) is 28.7 Å².